The summed E-state index contributed by atoms with van der Waals surface area (Å²) in [4.78, 5) is 17.9. The number of anilines is 1. The van der Waals surface area contributed by atoms with E-state index >= 15 is 0 Å². The van der Waals surface area contributed by atoms with E-state index in [0.717, 1.165) is 29.8 Å². The van der Waals surface area contributed by atoms with Gasteiger partial charge in [0.2, 0.25) is 11.1 Å². The monoisotopic (exact) mass is 464 g/mol. The van der Waals surface area contributed by atoms with Crippen LogP contribution in [0, 0.1) is 0 Å². The summed E-state index contributed by atoms with van der Waals surface area (Å²) in [5.41, 5.74) is 4.67. The minimum absolute atomic E-state index is 0.140. The van der Waals surface area contributed by atoms with Crippen molar-refractivity contribution in [1.82, 2.24) is 25.2 Å². The highest BCUT2D eigenvalue weighted by Crippen LogP contribution is 2.23. The van der Waals surface area contributed by atoms with Crippen LogP contribution < -0.4 is 5.32 Å². The van der Waals surface area contributed by atoms with E-state index in [2.05, 4.69) is 76.1 Å². The summed E-state index contributed by atoms with van der Waals surface area (Å²) in [6.07, 6.45) is 4.63. The van der Waals surface area contributed by atoms with Crippen molar-refractivity contribution in [1.29, 1.82) is 0 Å². The number of nitrogens with one attached hydrogen (secondary N) is 1. The van der Waals surface area contributed by atoms with Crippen LogP contribution in [0.3, 0.4) is 0 Å². The highest BCUT2D eigenvalue weighted by atomic mass is 32.2. The predicted molar refractivity (Wildman–Crippen MR) is 129 cm³/mol. The first-order valence-electron chi connectivity index (χ1n) is 10.5. The smallest absolute Gasteiger partial charge is 0.236 e. The molecule has 0 aliphatic rings. The molecule has 2 heterocycles. The molecule has 0 unspecified atom stereocenters. The van der Waals surface area contributed by atoms with Gasteiger partial charge in [-0.2, -0.15) is 4.68 Å². The number of rotatable bonds is 9. The third-order valence-electron chi connectivity index (χ3n) is 4.97. The highest BCUT2D eigenvalue weighted by molar-refractivity contribution is 7.99. The molecule has 4 aromatic rings. The Labute approximate surface area is 195 Å². The van der Waals surface area contributed by atoms with Crippen molar-refractivity contribution in [2.24, 2.45) is 0 Å². The van der Waals surface area contributed by atoms with Gasteiger partial charge in [0, 0.05) is 17.5 Å². The van der Waals surface area contributed by atoms with Crippen LogP contribution in [0.2, 0.25) is 0 Å². The van der Waals surface area contributed by atoms with Gasteiger partial charge >= 0.3 is 0 Å². The van der Waals surface area contributed by atoms with Crippen molar-refractivity contribution < 1.29 is 4.79 Å². The van der Waals surface area contributed by atoms with E-state index in [4.69, 9.17) is 0 Å². The number of aromatic nitrogens is 5. The third kappa shape index (κ3) is 5.60. The van der Waals surface area contributed by atoms with Crippen molar-refractivity contribution in [2.75, 3.05) is 11.1 Å². The molecule has 0 bridgehead atoms. The standard InChI is InChI=1S/C23H24N6OS2/c1-3-16-5-7-18(8-6-16)13-20-14-24-22(32-20)25-21(30)15-31-23-26-27-28-29(23)19-11-9-17(4-2)10-12-19/h5-12,14H,3-4,13,15H2,1-2H3,(H,24,25,30). The van der Waals surface area contributed by atoms with E-state index in [1.165, 1.54) is 39.8 Å². The van der Waals surface area contributed by atoms with Gasteiger partial charge in [0.1, 0.15) is 0 Å². The fraction of sp³-hybridized carbons (Fsp3) is 0.261. The number of tetrazole rings is 1. The summed E-state index contributed by atoms with van der Waals surface area (Å²) >= 11 is 2.79. The number of hydrogen-bond donors (Lipinski definition) is 1. The van der Waals surface area contributed by atoms with E-state index in [1.807, 2.05) is 18.3 Å². The zero-order chi connectivity index (χ0) is 22.3. The van der Waals surface area contributed by atoms with Gasteiger partial charge < -0.3 is 5.32 Å². The number of thiazole rings is 1. The van der Waals surface area contributed by atoms with Crippen LogP contribution in [0.1, 0.15) is 35.4 Å². The lowest BCUT2D eigenvalue weighted by Crippen LogP contribution is -2.14. The number of carbonyl (C=O) groups is 1. The summed E-state index contributed by atoms with van der Waals surface area (Å²) in [6.45, 7) is 4.26. The molecule has 0 spiro atoms. The first-order valence-corrected chi connectivity index (χ1v) is 12.3. The van der Waals surface area contributed by atoms with Crippen LogP contribution in [-0.2, 0) is 24.1 Å². The van der Waals surface area contributed by atoms with E-state index in [-0.39, 0.29) is 11.7 Å². The topological polar surface area (TPSA) is 85.6 Å². The molecule has 0 aliphatic carbocycles. The molecule has 1 amide bonds. The number of nitrogens with zero attached hydrogens (tertiary/aromatic N) is 5. The van der Waals surface area contributed by atoms with E-state index in [9.17, 15) is 4.79 Å². The number of thioether (sulfide) groups is 1. The van der Waals surface area contributed by atoms with Gasteiger partial charge in [0.05, 0.1) is 11.4 Å². The van der Waals surface area contributed by atoms with Crippen molar-refractivity contribution in [3.05, 3.63) is 76.3 Å². The number of benzene rings is 2. The Morgan fingerprint density at radius 3 is 2.34 bits per heavy atom. The van der Waals surface area contributed by atoms with Crippen LogP contribution in [0.15, 0.2) is 59.9 Å². The van der Waals surface area contributed by atoms with Crippen LogP contribution in [0.4, 0.5) is 5.13 Å². The summed E-state index contributed by atoms with van der Waals surface area (Å²) in [5.74, 6) is 0.0555. The molecule has 9 heteroatoms. The molecule has 4 rings (SSSR count). The number of aryl methyl sites for hydroxylation is 2. The maximum atomic E-state index is 12.4. The normalized spacial score (nSPS) is 10.9. The average molecular weight is 465 g/mol. The Morgan fingerprint density at radius 1 is 1.00 bits per heavy atom. The summed E-state index contributed by atoms with van der Waals surface area (Å²) in [5, 5.41) is 15.9. The highest BCUT2D eigenvalue weighted by Gasteiger charge is 2.13. The largest absolute Gasteiger partial charge is 0.301 e. The Kier molecular flexibility index (Phi) is 7.28. The van der Waals surface area contributed by atoms with E-state index in [0.29, 0.717) is 10.3 Å². The van der Waals surface area contributed by atoms with Gasteiger partial charge in [-0.3, -0.25) is 4.79 Å². The molecule has 2 aromatic heterocycles. The molecule has 1 N–H and O–H groups in total. The fourth-order valence-corrected chi connectivity index (χ4v) is 4.68. The van der Waals surface area contributed by atoms with Crippen molar-refractivity contribution in [2.45, 2.75) is 38.3 Å². The second kappa shape index (κ2) is 10.5. The van der Waals surface area contributed by atoms with Crippen LogP contribution in [0.25, 0.3) is 5.69 Å². The molecule has 0 saturated carbocycles. The third-order valence-corrected chi connectivity index (χ3v) is 6.80. The molecule has 0 saturated heterocycles. The maximum absolute atomic E-state index is 12.4. The number of hydrogen-bond acceptors (Lipinski definition) is 7. The van der Waals surface area contributed by atoms with Gasteiger partial charge in [-0.1, -0.05) is 62.0 Å². The predicted octanol–water partition coefficient (Wildman–Crippen LogP) is 4.57. The first kappa shape index (κ1) is 22.2. The molecule has 7 nitrogen and oxygen atoms in total. The van der Waals surface area contributed by atoms with Crippen LogP contribution in [-0.4, -0.2) is 36.9 Å². The zero-order valence-corrected chi connectivity index (χ0v) is 19.6. The molecule has 0 atom stereocenters. The van der Waals surface area contributed by atoms with Crippen LogP contribution in [0.5, 0.6) is 0 Å². The molecular formula is C23H24N6OS2. The Morgan fingerprint density at radius 2 is 1.66 bits per heavy atom. The second-order valence-corrected chi connectivity index (χ2v) is 9.27. The Hall–Kier alpha value is -3.04. The van der Waals surface area contributed by atoms with Crippen molar-refractivity contribution in [3.63, 3.8) is 0 Å². The minimum Gasteiger partial charge on any atom is -0.301 e. The SMILES string of the molecule is CCc1ccc(Cc2cnc(NC(=O)CSc3nnnn3-c3ccc(CC)cc3)s2)cc1. The van der Waals surface area contributed by atoms with Gasteiger partial charge in [-0.25, -0.2) is 4.98 Å². The second-order valence-electron chi connectivity index (χ2n) is 7.21. The number of amides is 1. The molecule has 0 radical (unpaired) electrons. The number of carbonyl (C=O) groups excluding carboxylic acids is 1. The molecule has 2 aromatic carbocycles. The van der Waals surface area contributed by atoms with Crippen LogP contribution >= 0.6 is 23.1 Å². The zero-order valence-electron chi connectivity index (χ0n) is 18.0. The Balaban J connectivity index is 1.31. The molecule has 0 aliphatic heterocycles. The lowest BCUT2D eigenvalue weighted by Gasteiger charge is -2.05. The van der Waals surface area contributed by atoms with E-state index in [1.54, 1.807) is 4.68 Å². The van der Waals surface area contributed by atoms with E-state index < -0.39 is 0 Å². The lowest BCUT2D eigenvalue weighted by atomic mass is 10.1. The fourth-order valence-electron chi connectivity index (χ4n) is 3.13. The maximum Gasteiger partial charge on any atom is 0.236 e. The Bertz CT molecular complexity index is 1170. The van der Waals surface area contributed by atoms with Gasteiger partial charge in [-0.05, 0) is 52.1 Å². The van der Waals surface area contributed by atoms with Gasteiger partial charge in [0.15, 0.2) is 5.13 Å². The first-order chi connectivity index (χ1) is 15.6. The van der Waals surface area contributed by atoms with Gasteiger partial charge in [0.25, 0.3) is 0 Å². The molecular weight excluding hydrogens is 440 g/mol. The minimum atomic E-state index is -0.140. The lowest BCUT2D eigenvalue weighted by molar-refractivity contribution is -0.113. The van der Waals surface area contributed by atoms with Crippen molar-refractivity contribution in [3.8, 4) is 5.69 Å². The molecule has 0 fully saturated rings. The van der Waals surface area contributed by atoms with Gasteiger partial charge in [-0.15, -0.1) is 16.4 Å². The quantitative estimate of drug-likeness (QED) is 0.365. The summed E-state index contributed by atoms with van der Waals surface area (Å²) < 4.78 is 1.64. The molecule has 164 valence electrons. The summed E-state index contributed by atoms with van der Waals surface area (Å²) in [6, 6.07) is 16.7. The average Bonchev–Trinajstić information content (AvgIpc) is 3.47. The molecule has 32 heavy (non-hydrogen) atoms. The van der Waals surface area contributed by atoms with Crippen molar-refractivity contribution >= 4 is 34.1 Å². The summed E-state index contributed by atoms with van der Waals surface area (Å²) in [7, 11) is 0.